The molecular formula is C17H20ClN5O. The van der Waals surface area contributed by atoms with E-state index < -0.39 is 0 Å². The zero-order chi connectivity index (χ0) is 16.9. The molecule has 4 rings (SSSR count). The van der Waals surface area contributed by atoms with Crippen LogP contribution in [0, 0.1) is 0 Å². The Morgan fingerprint density at radius 3 is 2.96 bits per heavy atom. The van der Waals surface area contributed by atoms with Crippen molar-refractivity contribution in [1.82, 2.24) is 25.6 Å². The Morgan fingerprint density at radius 2 is 2.21 bits per heavy atom. The maximum absolute atomic E-state index is 12.4. The third kappa shape index (κ3) is 2.59. The predicted octanol–water partition coefficient (Wildman–Crippen LogP) is 1.85. The van der Waals surface area contributed by atoms with E-state index in [-0.39, 0.29) is 23.5 Å². The molecule has 1 fully saturated rings. The fraction of sp³-hybridized carbons (Fsp3) is 0.471. The number of aromatic nitrogens is 3. The first kappa shape index (κ1) is 15.6. The highest BCUT2D eigenvalue weighted by atomic mass is 35.5. The van der Waals surface area contributed by atoms with Crippen molar-refractivity contribution in [3.63, 3.8) is 0 Å². The average molecular weight is 346 g/mol. The third-order valence-corrected chi connectivity index (χ3v) is 5.22. The van der Waals surface area contributed by atoms with E-state index in [4.69, 9.17) is 11.6 Å². The van der Waals surface area contributed by atoms with Crippen molar-refractivity contribution in [2.24, 2.45) is 7.05 Å². The number of halogens is 1. The molecule has 0 bridgehead atoms. The van der Waals surface area contributed by atoms with Crippen LogP contribution in [0.2, 0.25) is 5.02 Å². The van der Waals surface area contributed by atoms with Crippen LogP contribution < -0.4 is 10.6 Å². The minimum atomic E-state index is -0.387. The van der Waals surface area contributed by atoms with Gasteiger partial charge in [0.15, 0.2) is 0 Å². The van der Waals surface area contributed by atoms with Crippen molar-refractivity contribution >= 4 is 17.5 Å². The number of nitrogens with zero attached hydrogens (tertiary/aromatic N) is 3. The summed E-state index contributed by atoms with van der Waals surface area (Å²) < 4.78 is 1.70. The van der Waals surface area contributed by atoms with Crippen molar-refractivity contribution < 1.29 is 4.79 Å². The first-order valence-corrected chi connectivity index (χ1v) is 8.55. The molecule has 1 unspecified atom stereocenters. The largest absolute Gasteiger partial charge is 0.346 e. The highest BCUT2D eigenvalue weighted by Crippen LogP contribution is 2.43. The Bertz CT molecular complexity index is 804. The molecule has 1 aromatic carbocycles. The van der Waals surface area contributed by atoms with Gasteiger partial charge < -0.3 is 10.6 Å². The lowest BCUT2D eigenvalue weighted by atomic mass is 9.71. The summed E-state index contributed by atoms with van der Waals surface area (Å²) in [7, 11) is 1.86. The molecule has 24 heavy (non-hydrogen) atoms. The Morgan fingerprint density at radius 1 is 1.38 bits per heavy atom. The highest BCUT2D eigenvalue weighted by molar-refractivity contribution is 6.30. The standard InChI is InChI=1S/C17H20ClN5O/c1-10-7-17(8-14(19-10)15-9-23(2)22-21-15)13-4-3-12(18)5-11(13)6-16(24)20-17/h3-5,9-10,14,19H,6-8H2,1-2H3,(H,20,24)/t10-,14-,17?/m0/s1. The summed E-state index contributed by atoms with van der Waals surface area (Å²) in [5.41, 5.74) is 2.72. The first-order chi connectivity index (χ1) is 11.4. The molecule has 0 radical (unpaired) electrons. The van der Waals surface area contributed by atoms with Crippen LogP contribution in [-0.4, -0.2) is 26.9 Å². The number of piperidine rings is 1. The summed E-state index contributed by atoms with van der Waals surface area (Å²) in [6, 6.07) is 6.17. The van der Waals surface area contributed by atoms with E-state index in [1.807, 2.05) is 25.4 Å². The monoisotopic (exact) mass is 345 g/mol. The van der Waals surface area contributed by atoms with Crippen molar-refractivity contribution in [3.8, 4) is 0 Å². The maximum Gasteiger partial charge on any atom is 0.225 e. The molecule has 2 aliphatic heterocycles. The molecule has 3 atom stereocenters. The van der Waals surface area contributed by atoms with Gasteiger partial charge in [-0.3, -0.25) is 9.48 Å². The zero-order valence-electron chi connectivity index (χ0n) is 13.7. The second kappa shape index (κ2) is 5.57. The molecule has 0 saturated carbocycles. The number of carbonyl (C=O) groups excluding carboxylic acids is 1. The van der Waals surface area contributed by atoms with Crippen molar-refractivity contribution in [3.05, 3.63) is 46.2 Å². The van der Waals surface area contributed by atoms with Crippen LogP contribution in [0.5, 0.6) is 0 Å². The quantitative estimate of drug-likeness (QED) is 0.827. The van der Waals surface area contributed by atoms with Gasteiger partial charge in [-0.15, -0.1) is 5.10 Å². The van der Waals surface area contributed by atoms with E-state index in [9.17, 15) is 4.79 Å². The van der Waals surface area contributed by atoms with Gasteiger partial charge in [0, 0.05) is 24.3 Å². The highest BCUT2D eigenvalue weighted by Gasteiger charge is 2.45. The predicted molar refractivity (Wildman–Crippen MR) is 90.6 cm³/mol. The number of aryl methyl sites for hydroxylation is 1. The number of nitrogens with one attached hydrogen (secondary N) is 2. The van der Waals surface area contributed by atoms with E-state index in [0.717, 1.165) is 24.1 Å². The summed E-state index contributed by atoms with van der Waals surface area (Å²) in [6.45, 7) is 2.14. The molecule has 1 amide bonds. The number of amides is 1. The molecule has 1 spiro atoms. The molecule has 126 valence electrons. The Balaban J connectivity index is 1.77. The Kier molecular flexibility index (Phi) is 3.62. The van der Waals surface area contributed by atoms with Crippen LogP contribution in [0.4, 0.5) is 0 Å². The summed E-state index contributed by atoms with van der Waals surface area (Å²) >= 11 is 6.14. The van der Waals surface area contributed by atoms with E-state index in [2.05, 4.69) is 33.9 Å². The number of hydrogen-bond acceptors (Lipinski definition) is 4. The lowest BCUT2D eigenvalue weighted by Crippen LogP contribution is -2.58. The van der Waals surface area contributed by atoms with E-state index in [0.29, 0.717) is 11.4 Å². The molecule has 2 N–H and O–H groups in total. The Labute approximate surface area is 145 Å². The van der Waals surface area contributed by atoms with Gasteiger partial charge in [0.25, 0.3) is 0 Å². The van der Waals surface area contributed by atoms with Crippen LogP contribution in [-0.2, 0) is 23.8 Å². The third-order valence-electron chi connectivity index (χ3n) is 4.98. The molecule has 0 aliphatic carbocycles. The van der Waals surface area contributed by atoms with Gasteiger partial charge in [-0.05, 0) is 43.0 Å². The topological polar surface area (TPSA) is 71.8 Å². The van der Waals surface area contributed by atoms with Crippen LogP contribution in [0.15, 0.2) is 24.4 Å². The van der Waals surface area contributed by atoms with E-state index in [1.54, 1.807) is 4.68 Å². The molecule has 6 nitrogen and oxygen atoms in total. The van der Waals surface area contributed by atoms with Gasteiger partial charge in [0.1, 0.15) is 0 Å². The second-order valence-corrected chi connectivity index (χ2v) is 7.39. The van der Waals surface area contributed by atoms with Crippen LogP contribution >= 0.6 is 11.6 Å². The summed E-state index contributed by atoms with van der Waals surface area (Å²) in [5, 5.41) is 15.8. The molecule has 1 saturated heterocycles. The smallest absolute Gasteiger partial charge is 0.225 e. The number of rotatable bonds is 1. The molecule has 1 aromatic heterocycles. The van der Waals surface area contributed by atoms with Crippen LogP contribution in [0.25, 0.3) is 0 Å². The van der Waals surface area contributed by atoms with Gasteiger partial charge in [0.2, 0.25) is 5.91 Å². The summed E-state index contributed by atoms with van der Waals surface area (Å²) in [4.78, 5) is 12.4. The van der Waals surface area contributed by atoms with Gasteiger partial charge in [0.05, 0.1) is 23.7 Å². The fourth-order valence-electron chi connectivity index (χ4n) is 4.18. The van der Waals surface area contributed by atoms with Crippen molar-refractivity contribution in [2.75, 3.05) is 0 Å². The zero-order valence-corrected chi connectivity index (χ0v) is 14.5. The van der Waals surface area contributed by atoms with Crippen LogP contribution in [0.1, 0.15) is 42.6 Å². The maximum atomic E-state index is 12.4. The number of hydrogen-bond donors (Lipinski definition) is 2. The number of carbonyl (C=O) groups is 1. The Hall–Kier alpha value is -1.92. The van der Waals surface area contributed by atoms with Gasteiger partial charge in [-0.1, -0.05) is 22.9 Å². The van der Waals surface area contributed by atoms with Crippen molar-refractivity contribution in [1.29, 1.82) is 0 Å². The van der Waals surface area contributed by atoms with E-state index in [1.165, 1.54) is 5.56 Å². The van der Waals surface area contributed by atoms with Crippen LogP contribution in [0.3, 0.4) is 0 Å². The first-order valence-electron chi connectivity index (χ1n) is 8.17. The molecule has 7 heteroatoms. The summed E-state index contributed by atoms with van der Waals surface area (Å²) in [6.07, 6.45) is 3.90. The van der Waals surface area contributed by atoms with E-state index >= 15 is 0 Å². The summed E-state index contributed by atoms with van der Waals surface area (Å²) in [5.74, 6) is 0.0526. The number of fused-ring (bicyclic) bond motifs is 2. The number of benzene rings is 1. The van der Waals surface area contributed by atoms with Crippen molar-refractivity contribution in [2.45, 2.75) is 43.8 Å². The normalized spacial score (nSPS) is 29.4. The van der Waals surface area contributed by atoms with Gasteiger partial charge >= 0.3 is 0 Å². The second-order valence-electron chi connectivity index (χ2n) is 6.95. The minimum Gasteiger partial charge on any atom is -0.346 e. The lowest BCUT2D eigenvalue weighted by molar-refractivity contribution is -0.124. The minimum absolute atomic E-state index is 0.0457. The molecular weight excluding hydrogens is 326 g/mol. The lowest BCUT2D eigenvalue weighted by Gasteiger charge is -2.47. The van der Waals surface area contributed by atoms with Gasteiger partial charge in [-0.25, -0.2) is 0 Å². The molecule has 2 aromatic rings. The molecule has 3 heterocycles. The SMILES string of the molecule is C[C@H]1CC2(C[C@@H](c3cn(C)nn3)N1)NC(=O)Cc1cc(Cl)ccc12. The molecule has 2 aliphatic rings. The average Bonchev–Trinajstić information content (AvgIpc) is 2.92. The van der Waals surface area contributed by atoms with Gasteiger partial charge in [-0.2, -0.15) is 0 Å². The fourth-order valence-corrected chi connectivity index (χ4v) is 4.37.